The lowest BCUT2D eigenvalue weighted by Crippen LogP contribution is -2.49. The second-order valence-electron chi connectivity index (χ2n) is 4.03. The first-order valence-electron chi connectivity index (χ1n) is 5.69. The Morgan fingerprint density at radius 3 is 2.67 bits per heavy atom. The summed E-state index contributed by atoms with van der Waals surface area (Å²) in [5, 5.41) is 8.87. The first-order valence-corrected chi connectivity index (χ1v) is 5.69. The molecule has 1 saturated heterocycles. The molecule has 2 heterocycles. The first-order chi connectivity index (χ1) is 8.59. The SMILES string of the molecule is CC1=C(C(=O)N2CCOC(C(=O)O)C2)OCCO1. The molecular formula is C11H15NO6. The van der Waals surface area contributed by atoms with E-state index in [0.717, 1.165) is 0 Å². The third-order valence-corrected chi connectivity index (χ3v) is 2.79. The van der Waals surface area contributed by atoms with Gasteiger partial charge in [-0.15, -0.1) is 0 Å². The van der Waals surface area contributed by atoms with E-state index in [1.807, 2.05) is 0 Å². The van der Waals surface area contributed by atoms with Crippen molar-refractivity contribution in [2.24, 2.45) is 0 Å². The average molecular weight is 257 g/mol. The Bertz CT molecular complexity index is 391. The number of nitrogens with zero attached hydrogens (tertiary/aromatic N) is 1. The summed E-state index contributed by atoms with van der Waals surface area (Å²) in [5.41, 5.74) is 0. The quantitative estimate of drug-likeness (QED) is 0.723. The number of morpholine rings is 1. The molecule has 0 aromatic heterocycles. The van der Waals surface area contributed by atoms with Gasteiger partial charge in [0, 0.05) is 6.54 Å². The minimum absolute atomic E-state index is 0.0221. The Kier molecular flexibility index (Phi) is 3.71. The molecule has 0 aromatic rings. The van der Waals surface area contributed by atoms with E-state index < -0.39 is 12.1 Å². The van der Waals surface area contributed by atoms with Crippen molar-refractivity contribution in [3.63, 3.8) is 0 Å². The molecule has 0 saturated carbocycles. The highest BCUT2D eigenvalue weighted by atomic mass is 16.6. The van der Waals surface area contributed by atoms with Gasteiger partial charge in [0.2, 0.25) is 5.76 Å². The zero-order valence-corrected chi connectivity index (χ0v) is 10.0. The van der Waals surface area contributed by atoms with Gasteiger partial charge in [-0.25, -0.2) is 4.79 Å². The molecule has 1 atom stereocenters. The summed E-state index contributed by atoms with van der Waals surface area (Å²) in [6, 6.07) is 0. The summed E-state index contributed by atoms with van der Waals surface area (Å²) in [5.74, 6) is -0.822. The summed E-state index contributed by atoms with van der Waals surface area (Å²) in [6.07, 6.45) is -0.979. The van der Waals surface area contributed by atoms with Gasteiger partial charge in [0.1, 0.15) is 19.0 Å². The number of allylic oxidation sites excluding steroid dienone is 1. The van der Waals surface area contributed by atoms with Gasteiger partial charge in [-0.05, 0) is 6.92 Å². The molecule has 18 heavy (non-hydrogen) atoms. The lowest BCUT2D eigenvalue weighted by Gasteiger charge is -2.32. The monoisotopic (exact) mass is 257 g/mol. The highest BCUT2D eigenvalue weighted by Crippen LogP contribution is 2.17. The number of carbonyl (C=O) groups is 2. The van der Waals surface area contributed by atoms with Crippen LogP contribution < -0.4 is 0 Å². The summed E-state index contributed by atoms with van der Waals surface area (Å²) >= 11 is 0. The Balaban J connectivity index is 2.06. The second kappa shape index (κ2) is 5.26. The van der Waals surface area contributed by atoms with Crippen molar-refractivity contribution in [2.75, 3.05) is 32.9 Å². The number of hydrogen-bond donors (Lipinski definition) is 1. The normalized spacial score (nSPS) is 24.3. The number of carboxylic acid groups (broad SMARTS) is 1. The van der Waals surface area contributed by atoms with Crippen LogP contribution in [0.1, 0.15) is 6.92 Å². The maximum Gasteiger partial charge on any atom is 0.334 e. The maximum absolute atomic E-state index is 12.1. The predicted octanol–water partition coefficient (Wildman–Crippen LogP) is -0.423. The summed E-state index contributed by atoms with van der Waals surface area (Å²) in [4.78, 5) is 24.4. The lowest BCUT2D eigenvalue weighted by molar-refractivity contribution is -0.159. The van der Waals surface area contributed by atoms with E-state index in [9.17, 15) is 9.59 Å². The van der Waals surface area contributed by atoms with E-state index >= 15 is 0 Å². The molecule has 1 amide bonds. The number of hydrogen-bond acceptors (Lipinski definition) is 5. The molecule has 2 aliphatic rings. The molecule has 0 aromatic carbocycles. The van der Waals surface area contributed by atoms with Crippen LogP contribution in [0.15, 0.2) is 11.5 Å². The van der Waals surface area contributed by atoms with Crippen molar-refractivity contribution in [3.8, 4) is 0 Å². The molecule has 2 rings (SSSR count). The van der Waals surface area contributed by atoms with E-state index in [1.165, 1.54) is 4.90 Å². The molecule has 2 aliphatic heterocycles. The second-order valence-corrected chi connectivity index (χ2v) is 4.03. The van der Waals surface area contributed by atoms with Crippen LogP contribution in [-0.4, -0.2) is 60.9 Å². The molecular weight excluding hydrogens is 242 g/mol. The van der Waals surface area contributed by atoms with Crippen LogP contribution in [0, 0.1) is 0 Å². The average Bonchev–Trinajstić information content (AvgIpc) is 2.38. The number of aliphatic carboxylic acids is 1. The minimum atomic E-state index is -1.07. The zero-order valence-electron chi connectivity index (χ0n) is 10.0. The number of carboxylic acids is 1. The molecule has 1 N–H and O–H groups in total. The largest absolute Gasteiger partial charge is 0.491 e. The van der Waals surface area contributed by atoms with Crippen molar-refractivity contribution in [1.82, 2.24) is 4.90 Å². The van der Waals surface area contributed by atoms with Crippen molar-refractivity contribution >= 4 is 11.9 Å². The Morgan fingerprint density at radius 2 is 2.00 bits per heavy atom. The molecule has 7 heteroatoms. The van der Waals surface area contributed by atoms with Crippen molar-refractivity contribution in [3.05, 3.63) is 11.5 Å². The zero-order chi connectivity index (χ0) is 13.1. The molecule has 100 valence electrons. The highest BCUT2D eigenvalue weighted by Gasteiger charge is 2.32. The van der Waals surface area contributed by atoms with Gasteiger partial charge >= 0.3 is 5.97 Å². The van der Waals surface area contributed by atoms with Crippen LogP contribution in [0.25, 0.3) is 0 Å². The third-order valence-electron chi connectivity index (χ3n) is 2.79. The standard InChI is InChI=1S/C11H15NO6/c1-7-9(18-5-4-16-7)10(13)12-2-3-17-8(6-12)11(14)15/h8H,2-6H2,1H3,(H,14,15). The fourth-order valence-electron chi connectivity index (χ4n) is 1.84. The number of rotatable bonds is 2. The maximum atomic E-state index is 12.1. The predicted molar refractivity (Wildman–Crippen MR) is 58.6 cm³/mol. The third kappa shape index (κ3) is 2.56. The van der Waals surface area contributed by atoms with E-state index in [4.69, 9.17) is 19.3 Å². The van der Waals surface area contributed by atoms with Gasteiger partial charge in [0.15, 0.2) is 6.10 Å². The van der Waals surface area contributed by atoms with Crippen LogP contribution in [0.4, 0.5) is 0 Å². The summed E-state index contributed by atoms with van der Waals surface area (Å²) in [7, 11) is 0. The van der Waals surface area contributed by atoms with Crippen LogP contribution >= 0.6 is 0 Å². The van der Waals surface area contributed by atoms with Gasteiger partial charge in [-0.3, -0.25) is 4.79 Å². The van der Waals surface area contributed by atoms with Crippen LogP contribution in [0.2, 0.25) is 0 Å². The Morgan fingerprint density at radius 1 is 1.28 bits per heavy atom. The van der Waals surface area contributed by atoms with Gasteiger partial charge < -0.3 is 24.2 Å². The Labute approximate surface area is 104 Å². The minimum Gasteiger partial charge on any atom is -0.491 e. The molecule has 1 unspecified atom stereocenters. The van der Waals surface area contributed by atoms with Gasteiger partial charge in [0.05, 0.1) is 13.2 Å². The topological polar surface area (TPSA) is 85.3 Å². The van der Waals surface area contributed by atoms with Crippen molar-refractivity contribution in [1.29, 1.82) is 0 Å². The number of ether oxygens (including phenoxy) is 3. The van der Waals surface area contributed by atoms with Crippen LogP contribution in [0.3, 0.4) is 0 Å². The first kappa shape index (κ1) is 12.7. The van der Waals surface area contributed by atoms with E-state index in [1.54, 1.807) is 6.92 Å². The molecule has 0 spiro atoms. The van der Waals surface area contributed by atoms with Crippen molar-refractivity contribution < 1.29 is 28.9 Å². The Hall–Kier alpha value is -1.76. The molecule has 1 fully saturated rings. The highest BCUT2D eigenvalue weighted by molar-refractivity contribution is 5.92. The molecule has 0 aliphatic carbocycles. The van der Waals surface area contributed by atoms with Gasteiger partial charge in [-0.2, -0.15) is 0 Å². The lowest BCUT2D eigenvalue weighted by atomic mass is 10.2. The van der Waals surface area contributed by atoms with E-state index in [0.29, 0.717) is 25.5 Å². The summed E-state index contributed by atoms with van der Waals surface area (Å²) in [6.45, 7) is 2.98. The van der Waals surface area contributed by atoms with Crippen LogP contribution in [0.5, 0.6) is 0 Å². The number of amides is 1. The smallest absolute Gasteiger partial charge is 0.334 e. The van der Waals surface area contributed by atoms with E-state index in [2.05, 4.69) is 0 Å². The molecule has 0 bridgehead atoms. The van der Waals surface area contributed by atoms with E-state index in [-0.39, 0.29) is 24.8 Å². The number of carbonyl (C=O) groups excluding carboxylic acids is 1. The van der Waals surface area contributed by atoms with Gasteiger partial charge in [0.25, 0.3) is 5.91 Å². The van der Waals surface area contributed by atoms with Crippen molar-refractivity contribution in [2.45, 2.75) is 13.0 Å². The van der Waals surface area contributed by atoms with Gasteiger partial charge in [-0.1, -0.05) is 0 Å². The molecule has 0 radical (unpaired) electrons. The summed E-state index contributed by atoms with van der Waals surface area (Å²) < 4.78 is 15.6. The fourth-order valence-corrected chi connectivity index (χ4v) is 1.84. The molecule has 7 nitrogen and oxygen atoms in total. The fraction of sp³-hybridized carbons (Fsp3) is 0.636. The van der Waals surface area contributed by atoms with Crippen LogP contribution in [-0.2, 0) is 23.8 Å².